The van der Waals surface area contributed by atoms with Crippen molar-refractivity contribution in [2.24, 2.45) is 5.92 Å². The zero-order valence-corrected chi connectivity index (χ0v) is 16.8. The van der Waals surface area contributed by atoms with E-state index >= 15 is 0 Å². The van der Waals surface area contributed by atoms with Crippen molar-refractivity contribution in [3.05, 3.63) is 35.8 Å². The second-order valence-electron chi connectivity index (χ2n) is 8.29. The summed E-state index contributed by atoms with van der Waals surface area (Å²) in [5.74, 6) is 1.05. The van der Waals surface area contributed by atoms with Crippen molar-refractivity contribution in [3.63, 3.8) is 0 Å². The molecule has 1 aliphatic heterocycles. The summed E-state index contributed by atoms with van der Waals surface area (Å²) in [4.78, 5) is 33.6. The first-order chi connectivity index (χ1) is 13.6. The summed E-state index contributed by atoms with van der Waals surface area (Å²) in [6, 6.07) is 4.04. The second kappa shape index (κ2) is 8.33. The summed E-state index contributed by atoms with van der Waals surface area (Å²) in [6.45, 7) is 4.30. The Kier molecular flexibility index (Phi) is 5.64. The van der Waals surface area contributed by atoms with Gasteiger partial charge in [-0.3, -0.25) is 9.59 Å². The van der Waals surface area contributed by atoms with Crippen LogP contribution in [0.4, 0.5) is 0 Å². The molecular weight excluding hydrogens is 352 g/mol. The minimum Gasteiger partial charge on any atom is -0.340 e. The third-order valence-corrected chi connectivity index (χ3v) is 6.26. The molecule has 1 saturated carbocycles. The van der Waals surface area contributed by atoms with Crippen molar-refractivity contribution in [2.45, 2.75) is 58.4 Å². The molecule has 1 saturated heterocycles. The molecule has 4 rings (SSSR count). The SMILES string of the molecule is Cc1cccn2cc(CN3CCN(C(=O)CCC4CCCC4)CCC3=O)nc12. The number of carbonyl (C=O) groups excluding carboxylic acids is 2. The van der Waals surface area contributed by atoms with Crippen LogP contribution in [0.5, 0.6) is 0 Å². The van der Waals surface area contributed by atoms with Gasteiger partial charge in [0.15, 0.2) is 0 Å². The zero-order chi connectivity index (χ0) is 19.5. The van der Waals surface area contributed by atoms with Crippen molar-refractivity contribution >= 4 is 17.5 Å². The van der Waals surface area contributed by atoms with Crippen LogP contribution in [0.1, 0.15) is 56.2 Å². The Hall–Kier alpha value is -2.37. The van der Waals surface area contributed by atoms with Gasteiger partial charge in [-0.1, -0.05) is 31.7 Å². The highest BCUT2D eigenvalue weighted by molar-refractivity contribution is 5.80. The Morgan fingerprint density at radius 3 is 2.82 bits per heavy atom. The molecule has 0 aromatic carbocycles. The predicted octanol–water partition coefficient (Wildman–Crippen LogP) is 3.17. The van der Waals surface area contributed by atoms with Crippen molar-refractivity contribution in [3.8, 4) is 0 Å². The van der Waals surface area contributed by atoms with E-state index < -0.39 is 0 Å². The normalized spacial score (nSPS) is 18.8. The van der Waals surface area contributed by atoms with Crippen LogP contribution >= 0.6 is 0 Å². The standard InChI is InChI=1S/C22H30N4O2/c1-17-5-4-11-26-16-19(23-22(17)26)15-25-14-13-24(12-10-21(25)28)20(27)9-8-18-6-2-3-7-18/h4-5,11,16,18H,2-3,6-10,12-15H2,1H3. The number of fused-ring (bicyclic) bond motifs is 1. The smallest absolute Gasteiger partial charge is 0.224 e. The lowest BCUT2D eigenvalue weighted by atomic mass is 10.0. The maximum Gasteiger partial charge on any atom is 0.224 e. The van der Waals surface area contributed by atoms with E-state index in [9.17, 15) is 9.59 Å². The van der Waals surface area contributed by atoms with Crippen molar-refractivity contribution in [1.82, 2.24) is 19.2 Å². The number of aryl methyl sites for hydroxylation is 1. The van der Waals surface area contributed by atoms with Gasteiger partial charge < -0.3 is 14.2 Å². The molecule has 6 nitrogen and oxygen atoms in total. The van der Waals surface area contributed by atoms with Crippen LogP contribution in [0.25, 0.3) is 5.65 Å². The molecule has 2 amide bonds. The molecule has 0 radical (unpaired) electrons. The van der Waals surface area contributed by atoms with Crippen LogP contribution in [-0.2, 0) is 16.1 Å². The van der Waals surface area contributed by atoms with Crippen molar-refractivity contribution < 1.29 is 9.59 Å². The van der Waals surface area contributed by atoms with Gasteiger partial charge in [-0.25, -0.2) is 4.98 Å². The highest BCUT2D eigenvalue weighted by Crippen LogP contribution is 2.28. The largest absolute Gasteiger partial charge is 0.340 e. The second-order valence-corrected chi connectivity index (χ2v) is 8.29. The van der Waals surface area contributed by atoms with Gasteiger partial charge in [0.05, 0.1) is 12.2 Å². The molecule has 3 heterocycles. The molecular formula is C22H30N4O2. The number of hydrogen-bond acceptors (Lipinski definition) is 3. The van der Waals surface area contributed by atoms with Gasteiger partial charge in [0.2, 0.25) is 11.8 Å². The zero-order valence-electron chi connectivity index (χ0n) is 16.8. The number of carbonyl (C=O) groups is 2. The van der Waals surface area contributed by atoms with Gasteiger partial charge in [0.25, 0.3) is 0 Å². The Labute approximate surface area is 166 Å². The number of aromatic nitrogens is 2. The Morgan fingerprint density at radius 2 is 2.04 bits per heavy atom. The minimum absolute atomic E-state index is 0.111. The van der Waals surface area contributed by atoms with E-state index in [0.717, 1.165) is 29.2 Å². The molecule has 0 bridgehead atoms. The van der Waals surface area contributed by atoms with Gasteiger partial charge in [-0.15, -0.1) is 0 Å². The fraction of sp³-hybridized carbons (Fsp3) is 0.591. The number of hydrogen-bond donors (Lipinski definition) is 0. The van der Waals surface area contributed by atoms with E-state index in [1.54, 1.807) is 0 Å². The molecule has 28 heavy (non-hydrogen) atoms. The first-order valence-electron chi connectivity index (χ1n) is 10.6. The molecule has 0 N–H and O–H groups in total. The lowest BCUT2D eigenvalue weighted by Crippen LogP contribution is -2.35. The molecule has 0 spiro atoms. The average molecular weight is 383 g/mol. The topological polar surface area (TPSA) is 57.9 Å². The fourth-order valence-electron chi connectivity index (χ4n) is 4.54. The molecule has 2 aromatic heterocycles. The summed E-state index contributed by atoms with van der Waals surface area (Å²) in [7, 11) is 0. The van der Waals surface area contributed by atoms with E-state index in [1.165, 1.54) is 25.7 Å². The van der Waals surface area contributed by atoms with Crippen LogP contribution in [0, 0.1) is 12.8 Å². The molecule has 2 aliphatic rings. The average Bonchev–Trinajstić information content (AvgIpc) is 3.31. The highest BCUT2D eigenvalue weighted by atomic mass is 16.2. The molecule has 0 unspecified atom stereocenters. The summed E-state index contributed by atoms with van der Waals surface area (Å²) >= 11 is 0. The van der Waals surface area contributed by atoms with Crippen molar-refractivity contribution in [2.75, 3.05) is 19.6 Å². The van der Waals surface area contributed by atoms with Crippen LogP contribution < -0.4 is 0 Å². The van der Waals surface area contributed by atoms with E-state index in [1.807, 2.05) is 45.7 Å². The molecule has 2 fully saturated rings. The van der Waals surface area contributed by atoms with E-state index in [4.69, 9.17) is 0 Å². The minimum atomic E-state index is 0.111. The molecule has 6 heteroatoms. The van der Waals surface area contributed by atoms with Gasteiger partial charge in [-0.05, 0) is 30.9 Å². The lowest BCUT2D eigenvalue weighted by Gasteiger charge is -2.22. The van der Waals surface area contributed by atoms with Gasteiger partial charge in [0, 0.05) is 44.9 Å². The maximum atomic E-state index is 12.6. The number of rotatable bonds is 5. The van der Waals surface area contributed by atoms with Crippen LogP contribution in [-0.4, -0.2) is 50.6 Å². The van der Waals surface area contributed by atoms with Crippen molar-refractivity contribution in [1.29, 1.82) is 0 Å². The maximum absolute atomic E-state index is 12.6. The van der Waals surface area contributed by atoms with Gasteiger partial charge in [0.1, 0.15) is 5.65 Å². The number of pyridine rings is 1. The Balaban J connectivity index is 1.35. The third-order valence-electron chi connectivity index (χ3n) is 6.26. The lowest BCUT2D eigenvalue weighted by molar-refractivity contribution is -0.131. The Bertz CT molecular complexity index is 853. The Morgan fingerprint density at radius 1 is 1.21 bits per heavy atom. The number of imidazole rings is 1. The van der Waals surface area contributed by atoms with Gasteiger partial charge >= 0.3 is 0 Å². The number of nitrogens with zero attached hydrogens (tertiary/aromatic N) is 4. The summed E-state index contributed by atoms with van der Waals surface area (Å²) in [5, 5.41) is 0. The van der Waals surface area contributed by atoms with Crippen LogP contribution in [0.2, 0.25) is 0 Å². The first-order valence-corrected chi connectivity index (χ1v) is 10.6. The summed E-state index contributed by atoms with van der Waals surface area (Å²) in [6.07, 6.45) is 11.2. The van der Waals surface area contributed by atoms with Crippen LogP contribution in [0.3, 0.4) is 0 Å². The van der Waals surface area contributed by atoms with E-state index in [0.29, 0.717) is 39.0 Å². The van der Waals surface area contributed by atoms with Crippen LogP contribution in [0.15, 0.2) is 24.5 Å². The fourth-order valence-corrected chi connectivity index (χ4v) is 4.54. The highest BCUT2D eigenvalue weighted by Gasteiger charge is 2.25. The van der Waals surface area contributed by atoms with E-state index in [-0.39, 0.29) is 11.8 Å². The molecule has 1 aliphatic carbocycles. The first kappa shape index (κ1) is 19.0. The molecule has 150 valence electrons. The summed E-state index contributed by atoms with van der Waals surface area (Å²) in [5.41, 5.74) is 2.95. The third kappa shape index (κ3) is 4.21. The quantitative estimate of drug-likeness (QED) is 0.798. The molecule has 2 aromatic rings. The van der Waals surface area contributed by atoms with E-state index in [2.05, 4.69) is 4.98 Å². The predicted molar refractivity (Wildman–Crippen MR) is 108 cm³/mol. The van der Waals surface area contributed by atoms with Gasteiger partial charge in [-0.2, -0.15) is 0 Å². The number of amides is 2. The molecule has 0 atom stereocenters. The summed E-state index contributed by atoms with van der Waals surface area (Å²) < 4.78 is 2.01. The monoisotopic (exact) mass is 382 g/mol.